The van der Waals surface area contributed by atoms with E-state index >= 15 is 0 Å². The molecule has 0 saturated carbocycles. The first-order valence-corrected chi connectivity index (χ1v) is 4.64. The topological polar surface area (TPSA) is 26.3 Å². The lowest BCUT2D eigenvalue weighted by Crippen LogP contribution is -2.10. The molecular weight excluding hydrogens is 226 g/mol. The summed E-state index contributed by atoms with van der Waals surface area (Å²) in [5, 5.41) is -0.439. The minimum absolute atomic E-state index is 0.104. The Bertz CT molecular complexity index is 391. The number of hydrogen-bond acceptors (Lipinski definition) is 2. The average molecular weight is 235 g/mol. The molecule has 5 heteroatoms. The molecule has 0 radical (unpaired) electrons. The molecule has 15 heavy (non-hydrogen) atoms. The van der Waals surface area contributed by atoms with Crippen LogP contribution in [0.3, 0.4) is 0 Å². The van der Waals surface area contributed by atoms with E-state index in [-0.39, 0.29) is 11.7 Å². The average Bonchev–Trinajstić information content (AvgIpc) is 2.18. The van der Waals surface area contributed by atoms with Crippen LogP contribution in [0.15, 0.2) is 6.07 Å². The van der Waals surface area contributed by atoms with E-state index in [1.54, 1.807) is 13.8 Å². The summed E-state index contributed by atoms with van der Waals surface area (Å²) < 4.78 is 31.4. The van der Waals surface area contributed by atoms with Gasteiger partial charge in [0.1, 0.15) is 0 Å². The SMILES string of the molecule is CC(C)Oc1c(C=O)cc(Cl)c(F)c1F. The van der Waals surface area contributed by atoms with Gasteiger partial charge in [-0.3, -0.25) is 4.79 Å². The molecule has 0 atom stereocenters. The summed E-state index contributed by atoms with van der Waals surface area (Å²) in [5.41, 5.74) is -0.104. The third-order valence-electron chi connectivity index (χ3n) is 1.63. The van der Waals surface area contributed by atoms with Gasteiger partial charge >= 0.3 is 0 Å². The second kappa shape index (κ2) is 4.57. The van der Waals surface area contributed by atoms with Crippen LogP contribution in [-0.2, 0) is 0 Å². The van der Waals surface area contributed by atoms with Crippen molar-refractivity contribution in [2.45, 2.75) is 20.0 Å². The number of rotatable bonds is 3. The summed E-state index contributed by atoms with van der Waals surface area (Å²) >= 11 is 5.38. The smallest absolute Gasteiger partial charge is 0.202 e. The third-order valence-corrected chi connectivity index (χ3v) is 1.90. The van der Waals surface area contributed by atoms with Crippen molar-refractivity contribution in [2.75, 3.05) is 0 Å². The predicted molar refractivity (Wildman–Crippen MR) is 52.5 cm³/mol. The first-order valence-electron chi connectivity index (χ1n) is 4.26. The van der Waals surface area contributed by atoms with Gasteiger partial charge in [0, 0.05) is 0 Å². The molecule has 1 rings (SSSR count). The Morgan fingerprint density at radius 3 is 2.47 bits per heavy atom. The van der Waals surface area contributed by atoms with Gasteiger partial charge in [-0.15, -0.1) is 0 Å². The highest BCUT2D eigenvalue weighted by molar-refractivity contribution is 6.31. The maximum absolute atomic E-state index is 13.3. The molecule has 0 aliphatic heterocycles. The fraction of sp³-hybridized carbons (Fsp3) is 0.300. The number of ether oxygens (including phenoxy) is 1. The van der Waals surface area contributed by atoms with Crippen LogP contribution in [0.1, 0.15) is 24.2 Å². The lowest BCUT2D eigenvalue weighted by Gasteiger charge is -2.13. The molecule has 0 amide bonds. The van der Waals surface area contributed by atoms with E-state index in [0.717, 1.165) is 6.07 Å². The van der Waals surface area contributed by atoms with Gasteiger partial charge in [0.15, 0.2) is 17.9 Å². The summed E-state index contributed by atoms with van der Waals surface area (Å²) in [6.07, 6.45) is 0.00493. The fourth-order valence-electron chi connectivity index (χ4n) is 1.04. The second-order valence-corrected chi connectivity index (χ2v) is 3.60. The number of hydrogen-bond donors (Lipinski definition) is 0. The van der Waals surface area contributed by atoms with Crippen molar-refractivity contribution >= 4 is 17.9 Å². The molecule has 0 N–H and O–H groups in total. The quantitative estimate of drug-likeness (QED) is 0.593. The molecule has 0 aromatic heterocycles. The van der Waals surface area contributed by atoms with E-state index in [0.29, 0.717) is 6.29 Å². The van der Waals surface area contributed by atoms with Gasteiger partial charge in [-0.2, -0.15) is 4.39 Å². The predicted octanol–water partition coefficient (Wildman–Crippen LogP) is 3.22. The van der Waals surface area contributed by atoms with Crippen LogP contribution in [0.5, 0.6) is 5.75 Å². The summed E-state index contributed by atoms with van der Waals surface area (Å²) in [6, 6.07) is 1.03. The van der Waals surface area contributed by atoms with Crippen LogP contribution >= 0.6 is 11.6 Å². The Hall–Kier alpha value is -1.16. The largest absolute Gasteiger partial charge is 0.487 e. The van der Waals surface area contributed by atoms with Gasteiger partial charge < -0.3 is 4.74 Å². The van der Waals surface area contributed by atoms with Crippen LogP contribution < -0.4 is 4.74 Å². The number of halogens is 3. The highest BCUT2D eigenvalue weighted by Crippen LogP contribution is 2.30. The number of aldehydes is 1. The molecule has 0 heterocycles. The maximum atomic E-state index is 13.3. The van der Waals surface area contributed by atoms with Crippen LogP contribution in [-0.4, -0.2) is 12.4 Å². The molecule has 2 nitrogen and oxygen atoms in total. The lowest BCUT2D eigenvalue weighted by atomic mass is 10.2. The number of carbonyl (C=O) groups excluding carboxylic acids is 1. The highest BCUT2D eigenvalue weighted by Gasteiger charge is 2.19. The van der Waals surface area contributed by atoms with Gasteiger partial charge in [-0.1, -0.05) is 11.6 Å². The summed E-state index contributed by atoms with van der Waals surface area (Å²) in [5.74, 6) is -2.85. The maximum Gasteiger partial charge on any atom is 0.202 e. The Kier molecular flexibility index (Phi) is 3.63. The molecule has 1 aromatic rings. The molecular formula is C10H9ClF2O2. The molecule has 0 saturated heterocycles. The van der Waals surface area contributed by atoms with Gasteiger partial charge in [-0.05, 0) is 19.9 Å². The molecule has 1 aromatic carbocycles. The van der Waals surface area contributed by atoms with Crippen LogP contribution in [0.2, 0.25) is 5.02 Å². The van der Waals surface area contributed by atoms with Gasteiger partial charge in [0.05, 0.1) is 16.7 Å². The first kappa shape index (κ1) is 11.9. The van der Waals surface area contributed by atoms with E-state index in [1.165, 1.54) is 0 Å². The van der Waals surface area contributed by atoms with E-state index < -0.39 is 22.4 Å². The van der Waals surface area contributed by atoms with Crippen molar-refractivity contribution in [3.63, 3.8) is 0 Å². The van der Waals surface area contributed by atoms with Crippen molar-refractivity contribution in [2.24, 2.45) is 0 Å². The molecule has 0 spiro atoms. The normalized spacial score (nSPS) is 10.5. The molecule has 0 aliphatic rings. The lowest BCUT2D eigenvalue weighted by molar-refractivity contribution is 0.111. The minimum atomic E-state index is -1.24. The van der Waals surface area contributed by atoms with E-state index in [4.69, 9.17) is 16.3 Å². The van der Waals surface area contributed by atoms with Crippen LogP contribution in [0.4, 0.5) is 8.78 Å². The Morgan fingerprint density at radius 1 is 1.40 bits per heavy atom. The van der Waals surface area contributed by atoms with Gasteiger partial charge in [0.2, 0.25) is 5.82 Å². The summed E-state index contributed by atoms with van der Waals surface area (Å²) in [4.78, 5) is 10.6. The molecule has 0 aliphatic carbocycles. The van der Waals surface area contributed by atoms with Crippen molar-refractivity contribution in [1.29, 1.82) is 0 Å². The molecule has 82 valence electrons. The molecule has 0 bridgehead atoms. The van der Waals surface area contributed by atoms with Crippen molar-refractivity contribution in [1.82, 2.24) is 0 Å². The number of carbonyl (C=O) groups is 1. The standard InChI is InChI=1S/C10H9ClF2O2/c1-5(2)15-10-6(4-14)3-7(11)8(12)9(10)13/h3-5H,1-2H3. The van der Waals surface area contributed by atoms with E-state index in [1.807, 2.05) is 0 Å². The summed E-state index contributed by atoms with van der Waals surface area (Å²) in [6.45, 7) is 3.28. The molecule has 0 fully saturated rings. The van der Waals surface area contributed by atoms with Crippen molar-refractivity contribution < 1.29 is 18.3 Å². The Balaban J connectivity index is 3.33. The first-order chi connectivity index (χ1) is 6.97. The van der Waals surface area contributed by atoms with Crippen LogP contribution in [0, 0.1) is 11.6 Å². The Labute approximate surface area is 90.8 Å². The van der Waals surface area contributed by atoms with Gasteiger partial charge in [0.25, 0.3) is 0 Å². The van der Waals surface area contributed by atoms with E-state index in [2.05, 4.69) is 0 Å². The monoisotopic (exact) mass is 234 g/mol. The molecule has 0 unspecified atom stereocenters. The van der Waals surface area contributed by atoms with Crippen molar-refractivity contribution in [3.8, 4) is 5.75 Å². The van der Waals surface area contributed by atoms with E-state index in [9.17, 15) is 13.6 Å². The zero-order chi connectivity index (χ0) is 11.6. The third kappa shape index (κ3) is 2.45. The fourth-order valence-corrected chi connectivity index (χ4v) is 1.24. The van der Waals surface area contributed by atoms with Gasteiger partial charge in [-0.25, -0.2) is 4.39 Å². The highest BCUT2D eigenvalue weighted by atomic mass is 35.5. The zero-order valence-electron chi connectivity index (χ0n) is 8.18. The number of benzene rings is 1. The second-order valence-electron chi connectivity index (χ2n) is 3.19. The Morgan fingerprint density at radius 2 is 2.00 bits per heavy atom. The summed E-state index contributed by atoms with van der Waals surface area (Å²) in [7, 11) is 0. The zero-order valence-corrected chi connectivity index (χ0v) is 8.94. The van der Waals surface area contributed by atoms with Crippen LogP contribution in [0.25, 0.3) is 0 Å². The minimum Gasteiger partial charge on any atom is -0.487 e. The van der Waals surface area contributed by atoms with Crippen molar-refractivity contribution in [3.05, 3.63) is 28.3 Å².